The third-order valence-electron chi connectivity index (χ3n) is 2.67. The molecule has 0 unspecified atom stereocenters. The molecule has 0 aliphatic rings. The van der Waals surface area contributed by atoms with E-state index in [9.17, 15) is 13.2 Å². The van der Waals surface area contributed by atoms with Crippen LogP contribution in [0.3, 0.4) is 0 Å². The number of carbonyl (C=O) groups excluding carboxylic acids is 1. The Kier molecular flexibility index (Phi) is 4.50. The normalized spacial score (nSPS) is 11.1. The van der Waals surface area contributed by atoms with Crippen LogP contribution in [0.4, 0.5) is 11.4 Å². The molecule has 0 aliphatic carbocycles. The van der Waals surface area contributed by atoms with Crippen molar-refractivity contribution < 1.29 is 13.2 Å². The zero-order chi connectivity index (χ0) is 15.5. The van der Waals surface area contributed by atoms with Crippen molar-refractivity contribution >= 4 is 38.7 Å². The van der Waals surface area contributed by atoms with Gasteiger partial charge in [-0.3, -0.25) is 4.79 Å². The maximum absolute atomic E-state index is 12.1. The second kappa shape index (κ2) is 6.15. The summed E-state index contributed by atoms with van der Waals surface area (Å²) in [5, 5.41) is 3.03. The first kappa shape index (κ1) is 15.3. The van der Waals surface area contributed by atoms with Crippen molar-refractivity contribution in [3.63, 3.8) is 0 Å². The molecule has 0 heterocycles. The summed E-state index contributed by atoms with van der Waals surface area (Å²) >= 11 is 5.73. The van der Waals surface area contributed by atoms with Gasteiger partial charge in [0.15, 0.2) is 9.84 Å². The highest BCUT2D eigenvalue weighted by atomic mass is 35.5. The number of sulfone groups is 1. The largest absolute Gasteiger partial charge is 0.399 e. The van der Waals surface area contributed by atoms with Crippen LogP contribution < -0.4 is 11.1 Å². The minimum atomic E-state index is -3.73. The lowest BCUT2D eigenvalue weighted by Gasteiger charge is -2.07. The second-order valence-corrected chi connectivity index (χ2v) is 6.81. The average molecular weight is 325 g/mol. The number of rotatable bonds is 4. The van der Waals surface area contributed by atoms with E-state index in [-0.39, 0.29) is 4.90 Å². The predicted octanol–water partition coefficient (Wildman–Crippen LogP) is 2.33. The first-order chi connectivity index (χ1) is 9.87. The van der Waals surface area contributed by atoms with Crippen LogP contribution in [-0.2, 0) is 14.6 Å². The number of nitrogen functional groups attached to an aromatic ring is 1. The second-order valence-electron chi connectivity index (χ2n) is 4.39. The van der Waals surface area contributed by atoms with Gasteiger partial charge in [-0.1, -0.05) is 17.7 Å². The van der Waals surface area contributed by atoms with Gasteiger partial charge in [0.1, 0.15) is 5.75 Å². The third-order valence-corrected chi connectivity index (χ3v) is 4.53. The number of benzene rings is 2. The summed E-state index contributed by atoms with van der Waals surface area (Å²) in [5.74, 6) is -1.28. The molecule has 0 aliphatic heterocycles. The van der Waals surface area contributed by atoms with Crippen LogP contribution >= 0.6 is 11.6 Å². The summed E-state index contributed by atoms with van der Waals surface area (Å²) < 4.78 is 24.2. The van der Waals surface area contributed by atoms with E-state index in [1.54, 1.807) is 30.3 Å². The number of nitrogens with one attached hydrogen (secondary N) is 1. The highest BCUT2D eigenvalue weighted by Crippen LogP contribution is 2.16. The van der Waals surface area contributed by atoms with E-state index in [1.165, 1.54) is 18.2 Å². The Morgan fingerprint density at radius 2 is 1.81 bits per heavy atom. The molecular weight excluding hydrogens is 312 g/mol. The predicted molar refractivity (Wildman–Crippen MR) is 83.0 cm³/mol. The molecule has 7 heteroatoms. The molecule has 0 fully saturated rings. The fourth-order valence-electron chi connectivity index (χ4n) is 1.69. The molecule has 2 rings (SSSR count). The SMILES string of the molecule is Nc1cccc(S(=O)(=O)CC(=O)Nc2ccc(Cl)cc2)c1. The lowest BCUT2D eigenvalue weighted by molar-refractivity contribution is -0.113. The Bertz CT molecular complexity index is 758. The maximum atomic E-state index is 12.1. The van der Waals surface area contributed by atoms with E-state index in [0.717, 1.165) is 0 Å². The summed E-state index contributed by atoms with van der Waals surface area (Å²) in [6, 6.07) is 12.2. The number of anilines is 2. The molecule has 0 saturated heterocycles. The molecule has 0 radical (unpaired) electrons. The van der Waals surface area contributed by atoms with Crippen molar-refractivity contribution in [1.82, 2.24) is 0 Å². The number of halogens is 1. The van der Waals surface area contributed by atoms with Gasteiger partial charge in [0.25, 0.3) is 0 Å². The molecule has 0 spiro atoms. The van der Waals surface area contributed by atoms with Crippen molar-refractivity contribution in [2.45, 2.75) is 4.90 Å². The molecule has 2 aromatic carbocycles. The van der Waals surface area contributed by atoms with E-state index in [0.29, 0.717) is 16.4 Å². The zero-order valence-electron chi connectivity index (χ0n) is 10.9. The van der Waals surface area contributed by atoms with Gasteiger partial charge in [0.05, 0.1) is 4.90 Å². The van der Waals surface area contributed by atoms with Crippen LogP contribution in [0.2, 0.25) is 5.02 Å². The molecule has 1 amide bonds. The van der Waals surface area contributed by atoms with Gasteiger partial charge in [0, 0.05) is 16.4 Å². The van der Waals surface area contributed by atoms with Gasteiger partial charge in [0.2, 0.25) is 5.91 Å². The molecule has 5 nitrogen and oxygen atoms in total. The minimum absolute atomic E-state index is 0.0220. The first-order valence-corrected chi connectivity index (χ1v) is 8.03. The van der Waals surface area contributed by atoms with Crippen LogP contribution in [-0.4, -0.2) is 20.1 Å². The third kappa shape index (κ3) is 4.21. The van der Waals surface area contributed by atoms with Crippen molar-refractivity contribution in [2.24, 2.45) is 0 Å². The monoisotopic (exact) mass is 324 g/mol. The first-order valence-electron chi connectivity index (χ1n) is 6.00. The summed E-state index contributed by atoms with van der Waals surface area (Å²) in [5.41, 5.74) is 6.35. The van der Waals surface area contributed by atoms with Gasteiger partial charge in [-0.15, -0.1) is 0 Å². The molecule has 0 atom stereocenters. The van der Waals surface area contributed by atoms with Crippen molar-refractivity contribution in [1.29, 1.82) is 0 Å². The smallest absolute Gasteiger partial charge is 0.239 e. The van der Waals surface area contributed by atoms with Crippen molar-refractivity contribution in [3.8, 4) is 0 Å². The lowest BCUT2D eigenvalue weighted by Crippen LogP contribution is -2.23. The van der Waals surface area contributed by atoms with Crippen LogP contribution in [0.25, 0.3) is 0 Å². The molecule has 0 saturated carbocycles. The molecule has 21 heavy (non-hydrogen) atoms. The molecule has 0 bridgehead atoms. The summed E-state index contributed by atoms with van der Waals surface area (Å²) in [7, 11) is -3.73. The van der Waals surface area contributed by atoms with Crippen molar-refractivity contribution in [3.05, 3.63) is 53.6 Å². The van der Waals surface area contributed by atoms with Crippen molar-refractivity contribution in [2.75, 3.05) is 16.8 Å². The number of hydrogen-bond acceptors (Lipinski definition) is 4. The number of carbonyl (C=O) groups is 1. The minimum Gasteiger partial charge on any atom is -0.399 e. The molecule has 0 aromatic heterocycles. The average Bonchev–Trinajstić information content (AvgIpc) is 2.41. The van der Waals surface area contributed by atoms with E-state index in [1.807, 2.05) is 0 Å². The van der Waals surface area contributed by atoms with Crippen LogP contribution in [0.5, 0.6) is 0 Å². The number of nitrogens with two attached hydrogens (primary N) is 1. The molecule has 3 N–H and O–H groups in total. The molecule has 110 valence electrons. The van der Waals surface area contributed by atoms with E-state index >= 15 is 0 Å². The van der Waals surface area contributed by atoms with E-state index < -0.39 is 21.5 Å². The summed E-state index contributed by atoms with van der Waals surface area (Å²) in [4.78, 5) is 11.8. The van der Waals surface area contributed by atoms with Gasteiger partial charge < -0.3 is 11.1 Å². The quantitative estimate of drug-likeness (QED) is 0.845. The lowest BCUT2D eigenvalue weighted by atomic mass is 10.3. The fraction of sp³-hybridized carbons (Fsp3) is 0.0714. The van der Waals surface area contributed by atoms with Gasteiger partial charge in [-0.05, 0) is 42.5 Å². The Labute approximate surface area is 127 Å². The Balaban J connectivity index is 2.09. The Morgan fingerprint density at radius 3 is 2.43 bits per heavy atom. The van der Waals surface area contributed by atoms with Gasteiger partial charge >= 0.3 is 0 Å². The van der Waals surface area contributed by atoms with Gasteiger partial charge in [-0.2, -0.15) is 0 Å². The van der Waals surface area contributed by atoms with E-state index in [2.05, 4.69) is 5.32 Å². The molecular formula is C14H13ClN2O3S. The standard InChI is InChI=1S/C14H13ClN2O3S/c15-10-4-6-12(7-5-10)17-14(18)9-21(19,20)13-3-1-2-11(16)8-13/h1-8H,9,16H2,(H,17,18). The van der Waals surface area contributed by atoms with E-state index in [4.69, 9.17) is 17.3 Å². The maximum Gasteiger partial charge on any atom is 0.239 e. The fourth-order valence-corrected chi connectivity index (χ4v) is 3.01. The number of amides is 1. The zero-order valence-corrected chi connectivity index (χ0v) is 12.5. The van der Waals surface area contributed by atoms with Gasteiger partial charge in [-0.25, -0.2) is 8.42 Å². The topological polar surface area (TPSA) is 89.3 Å². The molecule has 2 aromatic rings. The highest BCUT2D eigenvalue weighted by molar-refractivity contribution is 7.92. The number of hydrogen-bond donors (Lipinski definition) is 2. The summed E-state index contributed by atoms with van der Waals surface area (Å²) in [6.45, 7) is 0. The highest BCUT2D eigenvalue weighted by Gasteiger charge is 2.19. The van der Waals surface area contributed by atoms with Crippen LogP contribution in [0.1, 0.15) is 0 Å². The Hall–Kier alpha value is -2.05. The van der Waals surface area contributed by atoms with Crippen LogP contribution in [0, 0.1) is 0 Å². The summed E-state index contributed by atoms with van der Waals surface area (Å²) in [6.07, 6.45) is 0. The Morgan fingerprint density at radius 1 is 1.14 bits per heavy atom. The van der Waals surface area contributed by atoms with Crippen LogP contribution in [0.15, 0.2) is 53.4 Å².